The number of rotatable bonds is 3. The van der Waals surface area contributed by atoms with Gasteiger partial charge in [-0.2, -0.15) is 15.1 Å². The molecule has 0 amide bonds. The van der Waals surface area contributed by atoms with Crippen LogP contribution in [-0.4, -0.2) is 101 Å². The minimum Gasteiger partial charge on any atom is -0.461 e. The van der Waals surface area contributed by atoms with Crippen molar-refractivity contribution in [2.75, 3.05) is 58.0 Å². The Morgan fingerprint density at radius 3 is 2.93 bits per heavy atom. The largest absolute Gasteiger partial charge is 0.508 e. The number of ether oxygens (including phenoxy) is 4. The quantitative estimate of drug-likeness (QED) is 0.323. The number of hydrogen-bond donors (Lipinski definition) is 1. The Kier molecular flexibility index (Phi) is 7.63. The molecule has 1 aromatic carbocycles. The summed E-state index contributed by atoms with van der Waals surface area (Å²) in [6, 6.07) is 1.80. The molecule has 2 atom stereocenters. The van der Waals surface area contributed by atoms with Crippen LogP contribution in [0.15, 0.2) is 18.5 Å². The lowest BCUT2D eigenvalue weighted by Crippen LogP contribution is -2.43. The van der Waals surface area contributed by atoms with Gasteiger partial charge in [0.15, 0.2) is 5.82 Å². The molecule has 2 saturated heterocycles. The van der Waals surface area contributed by atoms with Gasteiger partial charge in [0, 0.05) is 28.7 Å². The Morgan fingerprint density at radius 1 is 1.20 bits per heavy atom. The molecule has 3 aromatic heterocycles. The highest BCUT2D eigenvalue weighted by Crippen LogP contribution is 2.40. The van der Waals surface area contributed by atoms with E-state index in [1.165, 1.54) is 0 Å². The van der Waals surface area contributed by atoms with Crippen molar-refractivity contribution in [3.8, 4) is 17.3 Å². The van der Waals surface area contributed by atoms with E-state index in [0.717, 1.165) is 19.4 Å². The molecule has 4 aliphatic rings. The Balaban J connectivity index is 1.42. The number of H-pyrrole nitrogens is 1. The number of fused-ring (bicyclic) bond motifs is 7. The number of carbonyl (C=O) groups excluding carboxylic acids is 1. The molecule has 12 nitrogen and oxygen atoms in total. The van der Waals surface area contributed by atoms with E-state index < -0.39 is 18.1 Å². The van der Waals surface area contributed by atoms with E-state index in [-0.39, 0.29) is 42.5 Å². The second kappa shape index (κ2) is 11.6. The van der Waals surface area contributed by atoms with Crippen LogP contribution < -0.4 is 9.64 Å². The van der Waals surface area contributed by atoms with Gasteiger partial charge in [0.25, 0.3) is 0 Å². The molecular formula is C30H33ClFN7O5. The first kappa shape index (κ1) is 28.9. The van der Waals surface area contributed by atoms with Gasteiger partial charge in [-0.15, -0.1) is 0 Å². The minimum absolute atomic E-state index is 0.0491. The molecule has 1 N–H and O–H groups in total. The number of nitrogens with one attached hydrogen (secondary N) is 1. The number of aromatic amines is 1. The maximum absolute atomic E-state index is 16.9. The summed E-state index contributed by atoms with van der Waals surface area (Å²) in [4.78, 5) is 30.8. The fraction of sp³-hybridized carbons (Fsp3) is 0.500. The number of carbonyl (C=O) groups is 1. The van der Waals surface area contributed by atoms with Crippen LogP contribution in [0, 0.1) is 5.82 Å². The number of halogens is 2. The van der Waals surface area contributed by atoms with Gasteiger partial charge in [-0.3, -0.25) is 15.0 Å². The summed E-state index contributed by atoms with van der Waals surface area (Å²) in [7, 11) is 2.07. The number of benzene rings is 1. The Bertz CT molecular complexity index is 1740. The maximum atomic E-state index is 16.9. The van der Waals surface area contributed by atoms with E-state index >= 15 is 4.39 Å². The van der Waals surface area contributed by atoms with Crippen LogP contribution in [0.1, 0.15) is 31.7 Å². The molecular weight excluding hydrogens is 593 g/mol. The third-order valence-corrected chi connectivity index (χ3v) is 9.25. The van der Waals surface area contributed by atoms with Crippen molar-refractivity contribution in [2.45, 2.75) is 44.2 Å². The molecule has 14 heteroatoms. The molecule has 44 heavy (non-hydrogen) atoms. The third-order valence-electron chi connectivity index (χ3n) is 8.91. The highest BCUT2D eigenvalue weighted by atomic mass is 35.5. The summed E-state index contributed by atoms with van der Waals surface area (Å²) in [5, 5.41) is 8.56. The van der Waals surface area contributed by atoms with Crippen LogP contribution in [0.2, 0.25) is 5.02 Å². The molecule has 7 heterocycles. The van der Waals surface area contributed by atoms with Gasteiger partial charge in [0.05, 0.1) is 49.0 Å². The SMILES string of the molecule is CN1CCC[C@@]1(C)COc1nc2c3cnc(c(F)c3n1)-c1c(c(Cl)cc3[nH]ncc13)CCCOC(=O)O[C@@H]1COCCN2C1. The number of aromatic nitrogens is 5. The molecule has 4 aliphatic heterocycles. The standard InChI is InChI=1S/C30H33ClFN7O5/c1-30(6-4-7-38(30)2)16-43-28-35-25-20-12-33-26(24(25)32)23-18(21(31)11-22-19(23)13-34-37-22)5-3-9-42-29(40)44-17-14-39(27(20)36-28)8-10-41-15-17/h11-13,17H,3-10,14-16H2,1-2H3,(H,34,37)/t17-,30-/m0/s1. The second-order valence-corrected chi connectivity index (χ2v) is 12.2. The lowest BCUT2D eigenvalue weighted by molar-refractivity contribution is -0.00448. The number of pyridine rings is 1. The van der Waals surface area contributed by atoms with E-state index in [4.69, 9.17) is 35.5 Å². The molecule has 0 spiro atoms. The first-order valence-electron chi connectivity index (χ1n) is 14.8. The second-order valence-electron chi connectivity index (χ2n) is 11.8. The van der Waals surface area contributed by atoms with Crippen LogP contribution in [0.5, 0.6) is 6.01 Å². The number of nitrogens with zero attached hydrogens (tertiary/aromatic N) is 6. The highest BCUT2D eigenvalue weighted by molar-refractivity contribution is 6.33. The fourth-order valence-electron chi connectivity index (χ4n) is 6.30. The molecule has 4 aromatic rings. The van der Waals surface area contributed by atoms with Crippen molar-refractivity contribution < 1.29 is 28.1 Å². The summed E-state index contributed by atoms with van der Waals surface area (Å²) in [5.41, 5.74) is 1.75. The van der Waals surface area contributed by atoms with Crippen LogP contribution in [0.4, 0.5) is 15.0 Å². The van der Waals surface area contributed by atoms with Gasteiger partial charge in [-0.25, -0.2) is 9.18 Å². The lowest BCUT2D eigenvalue weighted by atomic mass is 9.95. The van der Waals surface area contributed by atoms with Crippen LogP contribution in [-0.2, 0) is 20.6 Å². The lowest BCUT2D eigenvalue weighted by Gasteiger charge is -2.31. The smallest absolute Gasteiger partial charge is 0.461 e. The van der Waals surface area contributed by atoms with Gasteiger partial charge in [0.2, 0.25) is 0 Å². The molecule has 2 fully saturated rings. The number of likely N-dealkylation sites (N-methyl/N-ethyl adjacent to an activating group) is 1. The number of anilines is 1. The van der Waals surface area contributed by atoms with E-state index in [0.29, 0.717) is 70.9 Å². The number of hydrogen-bond acceptors (Lipinski definition) is 11. The van der Waals surface area contributed by atoms with E-state index in [1.807, 2.05) is 4.90 Å². The molecule has 0 aliphatic carbocycles. The van der Waals surface area contributed by atoms with Crippen molar-refractivity contribution in [2.24, 2.45) is 0 Å². The maximum Gasteiger partial charge on any atom is 0.508 e. The number of likely N-dealkylation sites (tertiary alicyclic amines) is 1. The molecule has 8 rings (SSSR count). The summed E-state index contributed by atoms with van der Waals surface area (Å²) in [6.45, 7) is 4.72. The topological polar surface area (TPSA) is 128 Å². The van der Waals surface area contributed by atoms with Gasteiger partial charge in [0.1, 0.15) is 29.7 Å². The van der Waals surface area contributed by atoms with Gasteiger partial charge < -0.3 is 23.8 Å². The van der Waals surface area contributed by atoms with Crippen molar-refractivity contribution in [1.29, 1.82) is 0 Å². The van der Waals surface area contributed by atoms with Crippen LogP contribution in [0.3, 0.4) is 0 Å². The van der Waals surface area contributed by atoms with Crippen LogP contribution >= 0.6 is 11.6 Å². The minimum atomic E-state index is -0.786. The summed E-state index contributed by atoms with van der Waals surface area (Å²) >= 11 is 6.75. The summed E-state index contributed by atoms with van der Waals surface area (Å²) < 4.78 is 39.9. The van der Waals surface area contributed by atoms with Gasteiger partial charge >= 0.3 is 12.2 Å². The van der Waals surface area contributed by atoms with E-state index in [2.05, 4.69) is 39.0 Å². The Labute approximate surface area is 257 Å². The first-order valence-corrected chi connectivity index (χ1v) is 15.2. The predicted molar refractivity (Wildman–Crippen MR) is 161 cm³/mol. The van der Waals surface area contributed by atoms with Crippen LogP contribution in [0.25, 0.3) is 33.1 Å². The Hall–Kier alpha value is -3.81. The van der Waals surface area contributed by atoms with E-state index in [1.54, 1.807) is 18.5 Å². The fourth-order valence-corrected chi connectivity index (χ4v) is 6.59. The average Bonchev–Trinajstić information content (AvgIpc) is 3.52. The van der Waals surface area contributed by atoms with Crippen molar-refractivity contribution in [3.05, 3.63) is 34.9 Å². The highest BCUT2D eigenvalue weighted by Gasteiger charge is 2.35. The predicted octanol–water partition coefficient (Wildman–Crippen LogP) is 4.53. The average molecular weight is 626 g/mol. The molecule has 0 unspecified atom stereocenters. The molecule has 0 radical (unpaired) electrons. The molecule has 232 valence electrons. The van der Waals surface area contributed by atoms with Crippen molar-refractivity contribution >= 4 is 45.4 Å². The summed E-state index contributed by atoms with van der Waals surface area (Å²) in [6.07, 6.45) is 4.61. The third kappa shape index (κ3) is 5.26. The van der Waals surface area contributed by atoms with Gasteiger partial charge in [-0.05, 0) is 57.8 Å². The zero-order valence-corrected chi connectivity index (χ0v) is 25.3. The summed E-state index contributed by atoms with van der Waals surface area (Å²) in [5.74, 6) is -0.212. The normalized spacial score (nSPS) is 23.1. The monoisotopic (exact) mass is 625 g/mol. The van der Waals surface area contributed by atoms with Crippen molar-refractivity contribution in [1.82, 2.24) is 30.0 Å². The zero-order chi connectivity index (χ0) is 30.4. The van der Waals surface area contributed by atoms with Gasteiger partial charge in [-0.1, -0.05) is 11.6 Å². The van der Waals surface area contributed by atoms with E-state index in [9.17, 15) is 4.79 Å². The molecule has 0 saturated carbocycles. The molecule has 6 bridgehead atoms. The Morgan fingerprint density at radius 2 is 2.09 bits per heavy atom. The first-order chi connectivity index (χ1) is 21.3. The van der Waals surface area contributed by atoms with Crippen molar-refractivity contribution in [3.63, 3.8) is 0 Å². The zero-order valence-electron chi connectivity index (χ0n) is 24.6.